The van der Waals surface area contributed by atoms with Gasteiger partial charge in [-0.05, 0) is 55.3 Å². The molecule has 4 rings (SSSR count). The summed E-state index contributed by atoms with van der Waals surface area (Å²) in [6.45, 7) is 4.16. The van der Waals surface area contributed by atoms with E-state index in [9.17, 15) is 9.65 Å². The molecule has 0 aliphatic heterocycles. The lowest BCUT2D eigenvalue weighted by Crippen LogP contribution is -2.07. The number of oxime groups is 1. The van der Waals surface area contributed by atoms with Gasteiger partial charge in [0.15, 0.2) is 11.5 Å². The molecule has 0 saturated carbocycles. The topological polar surface area (TPSA) is 88.8 Å². The minimum atomic E-state index is -0.281. The first-order valence-electron chi connectivity index (χ1n) is 11.8. The Morgan fingerprint density at radius 1 is 1.05 bits per heavy atom. The molecule has 0 aliphatic carbocycles. The number of pyridine rings is 1. The number of nitrogens with one attached hydrogen (secondary N) is 1. The van der Waals surface area contributed by atoms with E-state index >= 15 is 0 Å². The number of benzene rings is 3. The molecule has 0 radical (unpaired) electrons. The summed E-state index contributed by atoms with van der Waals surface area (Å²) in [5.41, 5.74) is 4.45. The third-order valence-electron chi connectivity index (χ3n) is 5.48. The second-order valence-electron chi connectivity index (χ2n) is 8.56. The third kappa shape index (κ3) is 6.53. The van der Waals surface area contributed by atoms with E-state index in [2.05, 4.69) is 21.5 Å². The number of halogens is 1. The zero-order valence-corrected chi connectivity index (χ0v) is 20.9. The average molecular weight is 499 g/mol. The summed E-state index contributed by atoms with van der Waals surface area (Å²) >= 11 is 0. The van der Waals surface area contributed by atoms with Crippen LogP contribution in [-0.4, -0.2) is 24.4 Å². The number of nitrogens with zero attached hydrogens (tertiary/aromatic N) is 3. The van der Waals surface area contributed by atoms with Crippen molar-refractivity contribution < 1.29 is 18.7 Å². The predicted octanol–water partition coefficient (Wildman–Crippen LogP) is 6.53. The van der Waals surface area contributed by atoms with Crippen LogP contribution in [0.25, 0.3) is 10.9 Å². The van der Waals surface area contributed by atoms with Crippen LogP contribution in [0.4, 0.5) is 15.8 Å². The molecule has 1 N–H and O–H groups in total. The van der Waals surface area contributed by atoms with Crippen LogP contribution in [0.15, 0.2) is 72.0 Å². The molecule has 4 aromatic rings. The number of anilines is 2. The van der Waals surface area contributed by atoms with Crippen molar-refractivity contribution in [3.63, 3.8) is 0 Å². The van der Waals surface area contributed by atoms with Crippen molar-refractivity contribution in [1.29, 1.82) is 5.26 Å². The third-order valence-corrected chi connectivity index (χ3v) is 5.48. The molecule has 0 aliphatic rings. The molecule has 8 heteroatoms. The Morgan fingerprint density at radius 3 is 2.46 bits per heavy atom. The highest BCUT2D eigenvalue weighted by Crippen LogP contribution is 2.37. The maximum absolute atomic E-state index is 13.0. The number of hydrogen-bond donors (Lipinski definition) is 1. The minimum Gasteiger partial charge on any atom is -0.493 e. The second kappa shape index (κ2) is 11.9. The Bertz CT molecular complexity index is 1430. The highest BCUT2D eigenvalue weighted by molar-refractivity contribution is 5.97. The maximum Gasteiger partial charge on any atom is 0.163 e. The van der Waals surface area contributed by atoms with Crippen LogP contribution in [0.3, 0.4) is 0 Å². The number of aromatic nitrogens is 1. The molecular formula is C29H27FN4O3. The fraction of sp³-hybridized carbons (Fsp3) is 0.207. The second-order valence-corrected chi connectivity index (χ2v) is 8.56. The number of methoxy groups -OCH3 is 1. The van der Waals surface area contributed by atoms with Crippen LogP contribution in [-0.2, 0) is 17.9 Å². The van der Waals surface area contributed by atoms with Gasteiger partial charge in [-0.25, -0.2) is 4.39 Å². The van der Waals surface area contributed by atoms with Crippen LogP contribution >= 0.6 is 0 Å². The van der Waals surface area contributed by atoms with Gasteiger partial charge < -0.3 is 19.6 Å². The zero-order valence-electron chi connectivity index (χ0n) is 20.9. The van der Waals surface area contributed by atoms with Crippen molar-refractivity contribution in [2.24, 2.45) is 5.16 Å². The van der Waals surface area contributed by atoms with Crippen molar-refractivity contribution in [3.8, 4) is 17.6 Å². The Hall–Kier alpha value is -4.64. The fourth-order valence-electron chi connectivity index (χ4n) is 3.68. The van der Waals surface area contributed by atoms with Gasteiger partial charge in [0.1, 0.15) is 18.5 Å². The highest BCUT2D eigenvalue weighted by Gasteiger charge is 2.15. The molecule has 7 nitrogen and oxygen atoms in total. The van der Waals surface area contributed by atoms with Gasteiger partial charge in [-0.1, -0.05) is 29.4 Å². The van der Waals surface area contributed by atoms with Crippen molar-refractivity contribution in [1.82, 2.24) is 4.98 Å². The predicted molar refractivity (Wildman–Crippen MR) is 142 cm³/mol. The maximum atomic E-state index is 13.0. The van der Waals surface area contributed by atoms with E-state index in [1.54, 1.807) is 31.7 Å². The van der Waals surface area contributed by atoms with Gasteiger partial charge in [0.25, 0.3) is 0 Å². The van der Waals surface area contributed by atoms with E-state index in [1.165, 1.54) is 12.1 Å². The summed E-state index contributed by atoms with van der Waals surface area (Å²) in [6, 6.07) is 19.8. The van der Waals surface area contributed by atoms with Crippen LogP contribution in [0.1, 0.15) is 30.5 Å². The average Bonchev–Trinajstić information content (AvgIpc) is 2.90. The summed E-state index contributed by atoms with van der Waals surface area (Å²) in [5.74, 6) is 0.884. The number of hydrogen-bond acceptors (Lipinski definition) is 7. The molecule has 0 amide bonds. The van der Waals surface area contributed by atoms with Crippen LogP contribution in [0, 0.1) is 17.1 Å². The summed E-state index contributed by atoms with van der Waals surface area (Å²) < 4.78 is 24.4. The molecule has 1 heterocycles. The largest absolute Gasteiger partial charge is 0.493 e. The molecular weight excluding hydrogens is 471 g/mol. The van der Waals surface area contributed by atoms with Gasteiger partial charge in [-0.15, -0.1) is 0 Å². The quantitative estimate of drug-likeness (QED) is 0.198. The monoisotopic (exact) mass is 498 g/mol. The van der Waals surface area contributed by atoms with Crippen LogP contribution in [0.2, 0.25) is 0 Å². The fourth-order valence-corrected chi connectivity index (χ4v) is 3.68. The number of fused-ring (bicyclic) bond motifs is 1. The molecule has 0 spiro atoms. The van der Waals surface area contributed by atoms with Crippen molar-refractivity contribution in [3.05, 3.63) is 89.4 Å². The first-order chi connectivity index (χ1) is 18.0. The Kier molecular flexibility index (Phi) is 8.16. The summed E-state index contributed by atoms with van der Waals surface area (Å²) in [6.07, 6.45) is 3.79. The summed E-state index contributed by atoms with van der Waals surface area (Å²) in [5, 5.41) is 17.8. The highest BCUT2D eigenvalue weighted by atomic mass is 19.1. The van der Waals surface area contributed by atoms with E-state index in [-0.39, 0.29) is 18.5 Å². The minimum absolute atomic E-state index is 0.0211. The number of rotatable bonds is 10. The van der Waals surface area contributed by atoms with E-state index in [4.69, 9.17) is 14.3 Å². The number of ether oxygens (including phenoxy) is 2. The summed E-state index contributed by atoms with van der Waals surface area (Å²) in [4.78, 5) is 9.72. The van der Waals surface area contributed by atoms with E-state index in [0.717, 1.165) is 22.2 Å². The molecule has 1 aromatic heterocycles. The Labute approximate surface area is 215 Å². The lowest BCUT2D eigenvalue weighted by Gasteiger charge is -2.17. The van der Waals surface area contributed by atoms with E-state index in [0.29, 0.717) is 34.7 Å². The molecule has 188 valence electrons. The first kappa shape index (κ1) is 25.5. The zero-order chi connectivity index (χ0) is 26.2. The van der Waals surface area contributed by atoms with E-state index in [1.807, 2.05) is 50.2 Å². The van der Waals surface area contributed by atoms with Crippen molar-refractivity contribution in [2.75, 3.05) is 12.4 Å². The first-order valence-corrected chi connectivity index (χ1v) is 11.8. The summed E-state index contributed by atoms with van der Waals surface area (Å²) in [7, 11) is 1.58. The molecule has 0 saturated heterocycles. The van der Waals surface area contributed by atoms with Crippen LogP contribution in [0.5, 0.6) is 11.5 Å². The molecule has 0 unspecified atom stereocenters. The smallest absolute Gasteiger partial charge is 0.163 e. The lowest BCUT2D eigenvalue weighted by molar-refractivity contribution is 0.131. The molecule has 0 bridgehead atoms. The SMILES string of the molecule is COc1cc2c(Nc3ccc(CC=NOCc4ccc(F)cc4)cc3)c(C#N)cnc2cc1OC(C)C. The van der Waals surface area contributed by atoms with Gasteiger partial charge in [0.05, 0.1) is 30.0 Å². The lowest BCUT2D eigenvalue weighted by atomic mass is 10.1. The molecule has 0 atom stereocenters. The van der Waals surface area contributed by atoms with E-state index < -0.39 is 0 Å². The van der Waals surface area contributed by atoms with Gasteiger partial charge in [0.2, 0.25) is 0 Å². The van der Waals surface area contributed by atoms with Gasteiger partial charge in [-0.3, -0.25) is 4.98 Å². The Balaban J connectivity index is 1.46. The van der Waals surface area contributed by atoms with Crippen LogP contribution < -0.4 is 14.8 Å². The molecule has 3 aromatic carbocycles. The Morgan fingerprint density at radius 2 is 1.78 bits per heavy atom. The van der Waals surface area contributed by atoms with Gasteiger partial charge in [-0.2, -0.15) is 5.26 Å². The molecule has 0 fully saturated rings. The standard InChI is InChI=1S/C29H27FN4O3/c1-19(2)37-28-15-26-25(14-27(28)35-3)29(22(16-31)17-32-26)34-24-10-6-20(7-11-24)12-13-33-36-18-21-4-8-23(30)9-5-21/h4-11,13-15,17,19H,12,18H2,1-3H3,(H,32,34). The normalized spacial score (nSPS) is 11.0. The molecule has 37 heavy (non-hydrogen) atoms. The number of nitriles is 1. The van der Waals surface area contributed by atoms with Crippen molar-refractivity contribution in [2.45, 2.75) is 33.0 Å². The van der Waals surface area contributed by atoms with Gasteiger partial charge in [0, 0.05) is 36.0 Å². The van der Waals surface area contributed by atoms with Gasteiger partial charge >= 0.3 is 0 Å². The van der Waals surface area contributed by atoms with Crippen molar-refractivity contribution >= 4 is 28.5 Å².